The molecular formula is C19H26N2. The third kappa shape index (κ3) is 2.91. The molecule has 1 N–H and O–H groups in total. The summed E-state index contributed by atoms with van der Waals surface area (Å²) in [7, 11) is 0. The van der Waals surface area contributed by atoms with E-state index >= 15 is 0 Å². The quantitative estimate of drug-likeness (QED) is 0.861. The number of nitrogens with zero attached hydrogens (tertiary/aromatic N) is 1. The Labute approximate surface area is 128 Å². The van der Waals surface area contributed by atoms with Crippen LogP contribution in [0.3, 0.4) is 0 Å². The summed E-state index contributed by atoms with van der Waals surface area (Å²) in [5, 5.41) is 3.76. The maximum atomic E-state index is 3.76. The van der Waals surface area contributed by atoms with E-state index in [-0.39, 0.29) is 5.54 Å². The highest BCUT2D eigenvalue weighted by Gasteiger charge is 2.37. The molecule has 21 heavy (non-hydrogen) atoms. The third-order valence-electron chi connectivity index (χ3n) is 4.88. The number of rotatable bonds is 5. The van der Waals surface area contributed by atoms with E-state index in [9.17, 15) is 0 Å². The fourth-order valence-corrected chi connectivity index (χ4v) is 3.25. The normalized spacial score (nSPS) is 15.4. The zero-order valence-electron chi connectivity index (χ0n) is 13.6. The van der Waals surface area contributed by atoms with Crippen molar-refractivity contribution in [2.75, 3.05) is 0 Å². The standard InChI is InChI=1S/C19H26N2/c1-14-12-16(13-20-19(3,4)17-10-11-17)15(2)21(14)18-8-6-5-7-9-18/h5-9,12,17,20H,10-11,13H2,1-4H3. The van der Waals surface area contributed by atoms with E-state index in [1.165, 1.54) is 35.5 Å². The van der Waals surface area contributed by atoms with Crippen molar-refractivity contribution in [3.63, 3.8) is 0 Å². The summed E-state index contributed by atoms with van der Waals surface area (Å²) in [6.45, 7) is 10.0. The van der Waals surface area contributed by atoms with Crippen LogP contribution in [0.15, 0.2) is 36.4 Å². The number of nitrogens with one attached hydrogen (secondary N) is 1. The van der Waals surface area contributed by atoms with Crippen LogP contribution >= 0.6 is 0 Å². The summed E-state index contributed by atoms with van der Waals surface area (Å²) in [4.78, 5) is 0. The van der Waals surface area contributed by atoms with Gasteiger partial charge in [-0.05, 0) is 70.2 Å². The van der Waals surface area contributed by atoms with Crippen LogP contribution in [0.2, 0.25) is 0 Å². The van der Waals surface area contributed by atoms with E-state index in [0.29, 0.717) is 0 Å². The van der Waals surface area contributed by atoms with E-state index in [1.54, 1.807) is 0 Å². The number of aromatic nitrogens is 1. The Balaban J connectivity index is 1.81. The Kier molecular flexibility index (Phi) is 3.66. The zero-order chi connectivity index (χ0) is 15.0. The minimum Gasteiger partial charge on any atom is -0.318 e. The lowest BCUT2D eigenvalue weighted by Gasteiger charge is -2.26. The van der Waals surface area contributed by atoms with Crippen LogP contribution in [-0.4, -0.2) is 10.1 Å². The Bertz CT molecular complexity index is 619. The second-order valence-corrected chi connectivity index (χ2v) is 6.92. The van der Waals surface area contributed by atoms with Crippen LogP contribution in [0.4, 0.5) is 0 Å². The molecule has 1 aliphatic rings. The van der Waals surface area contributed by atoms with Crippen molar-refractivity contribution in [3.8, 4) is 5.69 Å². The largest absolute Gasteiger partial charge is 0.318 e. The predicted octanol–water partition coefficient (Wildman–Crippen LogP) is 4.37. The third-order valence-corrected chi connectivity index (χ3v) is 4.88. The topological polar surface area (TPSA) is 17.0 Å². The number of para-hydroxylation sites is 1. The van der Waals surface area contributed by atoms with Crippen LogP contribution < -0.4 is 5.32 Å². The molecule has 0 unspecified atom stereocenters. The SMILES string of the molecule is Cc1cc(CNC(C)(C)C2CC2)c(C)n1-c1ccccc1. The molecule has 2 aromatic rings. The Morgan fingerprint density at radius 3 is 2.43 bits per heavy atom. The molecule has 0 bridgehead atoms. The van der Waals surface area contributed by atoms with Crippen LogP contribution in [-0.2, 0) is 6.54 Å². The van der Waals surface area contributed by atoms with Crippen molar-refractivity contribution >= 4 is 0 Å². The van der Waals surface area contributed by atoms with Gasteiger partial charge in [0.25, 0.3) is 0 Å². The number of hydrogen-bond donors (Lipinski definition) is 1. The van der Waals surface area contributed by atoms with E-state index in [2.05, 4.69) is 74.0 Å². The van der Waals surface area contributed by atoms with Gasteiger partial charge in [0.15, 0.2) is 0 Å². The molecule has 1 aromatic carbocycles. The smallest absolute Gasteiger partial charge is 0.0455 e. The monoisotopic (exact) mass is 282 g/mol. The lowest BCUT2D eigenvalue weighted by atomic mass is 9.98. The first-order valence-electron chi connectivity index (χ1n) is 7.97. The van der Waals surface area contributed by atoms with Gasteiger partial charge in [0.1, 0.15) is 0 Å². The maximum Gasteiger partial charge on any atom is 0.0455 e. The van der Waals surface area contributed by atoms with Gasteiger partial charge in [-0.25, -0.2) is 0 Å². The molecule has 1 heterocycles. The van der Waals surface area contributed by atoms with Crippen molar-refractivity contribution in [1.82, 2.24) is 9.88 Å². The lowest BCUT2D eigenvalue weighted by molar-refractivity contribution is 0.339. The molecule has 0 saturated heterocycles. The summed E-state index contributed by atoms with van der Waals surface area (Å²) in [6.07, 6.45) is 2.76. The fraction of sp³-hybridized carbons (Fsp3) is 0.474. The number of aryl methyl sites for hydroxylation is 1. The molecule has 0 amide bonds. The van der Waals surface area contributed by atoms with Gasteiger partial charge in [0, 0.05) is 29.2 Å². The summed E-state index contributed by atoms with van der Waals surface area (Å²) >= 11 is 0. The Morgan fingerprint density at radius 2 is 1.81 bits per heavy atom. The first-order valence-corrected chi connectivity index (χ1v) is 7.97. The second kappa shape index (κ2) is 5.34. The van der Waals surface area contributed by atoms with Crippen LogP contribution in [0, 0.1) is 19.8 Å². The highest BCUT2D eigenvalue weighted by atomic mass is 15.0. The van der Waals surface area contributed by atoms with Crippen LogP contribution in [0.1, 0.15) is 43.6 Å². The fourth-order valence-electron chi connectivity index (χ4n) is 3.25. The average Bonchev–Trinajstić information content (AvgIpc) is 3.26. The van der Waals surface area contributed by atoms with E-state index in [0.717, 1.165) is 12.5 Å². The maximum absolute atomic E-state index is 3.76. The summed E-state index contributed by atoms with van der Waals surface area (Å²) < 4.78 is 2.35. The van der Waals surface area contributed by atoms with Crippen LogP contribution in [0.5, 0.6) is 0 Å². The molecule has 1 aromatic heterocycles. The van der Waals surface area contributed by atoms with Crippen molar-refractivity contribution < 1.29 is 0 Å². The molecule has 1 aliphatic carbocycles. The molecule has 0 radical (unpaired) electrons. The van der Waals surface area contributed by atoms with E-state index < -0.39 is 0 Å². The van der Waals surface area contributed by atoms with Gasteiger partial charge in [-0.15, -0.1) is 0 Å². The first-order chi connectivity index (χ1) is 9.99. The first kappa shape index (κ1) is 14.4. The van der Waals surface area contributed by atoms with Crippen molar-refractivity contribution in [2.45, 2.75) is 52.6 Å². The minimum atomic E-state index is 0.259. The number of benzene rings is 1. The van der Waals surface area contributed by atoms with Crippen molar-refractivity contribution in [2.24, 2.45) is 5.92 Å². The molecule has 112 valence electrons. The molecule has 1 fully saturated rings. The van der Waals surface area contributed by atoms with Gasteiger partial charge in [-0.1, -0.05) is 18.2 Å². The summed E-state index contributed by atoms with van der Waals surface area (Å²) in [5.74, 6) is 0.857. The molecule has 2 nitrogen and oxygen atoms in total. The van der Waals surface area contributed by atoms with Crippen molar-refractivity contribution in [3.05, 3.63) is 53.3 Å². The summed E-state index contributed by atoms with van der Waals surface area (Å²) in [5.41, 5.74) is 5.57. The van der Waals surface area contributed by atoms with Gasteiger partial charge in [0.2, 0.25) is 0 Å². The molecular weight excluding hydrogens is 256 g/mol. The zero-order valence-corrected chi connectivity index (χ0v) is 13.6. The molecule has 0 aliphatic heterocycles. The lowest BCUT2D eigenvalue weighted by Crippen LogP contribution is -2.40. The molecule has 0 atom stereocenters. The Morgan fingerprint density at radius 1 is 1.14 bits per heavy atom. The highest BCUT2D eigenvalue weighted by molar-refractivity contribution is 5.40. The molecule has 2 heteroatoms. The van der Waals surface area contributed by atoms with Crippen LogP contribution in [0.25, 0.3) is 5.69 Å². The van der Waals surface area contributed by atoms with Gasteiger partial charge >= 0.3 is 0 Å². The molecule has 3 rings (SSSR count). The van der Waals surface area contributed by atoms with Gasteiger partial charge in [0.05, 0.1) is 0 Å². The van der Waals surface area contributed by atoms with E-state index in [4.69, 9.17) is 0 Å². The van der Waals surface area contributed by atoms with Crippen molar-refractivity contribution in [1.29, 1.82) is 0 Å². The minimum absolute atomic E-state index is 0.259. The second-order valence-electron chi connectivity index (χ2n) is 6.92. The number of hydrogen-bond acceptors (Lipinski definition) is 1. The summed E-state index contributed by atoms with van der Waals surface area (Å²) in [6, 6.07) is 12.9. The predicted molar refractivity (Wildman–Crippen MR) is 88.9 cm³/mol. The van der Waals surface area contributed by atoms with E-state index in [1.807, 2.05) is 0 Å². The van der Waals surface area contributed by atoms with Gasteiger partial charge in [-0.3, -0.25) is 0 Å². The molecule has 0 spiro atoms. The van der Waals surface area contributed by atoms with Gasteiger partial charge < -0.3 is 9.88 Å². The Hall–Kier alpha value is -1.54. The molecule has 1 saturated carbocycles. The van der Waals surface area contributed by atoms with Gasteiger partial charge in [-0.2, -0.15) is 0 Å². The highest BCUT2D eigenvalue weighted by Crippen LogP contribution is 2.39. The average molecular weight is 282 g/mol.